The summed E-state index contributed by atoms with van der Waals surface area (Å²) in [5, 5.41) is 0. The Morgan fingerprint density at radius 1 is 0.368 bits per heavy atom. The molecule has 0 aliphatic heterocycles. The average molecular weight is 264 g/mol. The van der Waals surface area contributed by atoms with Crippen LogP contribution in [0.25, 0.3) is 0 Å². The van der Waals surface area contributed by atoms with Crippen molar-refractivity contribution in [2.45, 2.75) is 14.7 Å². The molecule has 0 unspecified atom stereocenters. The summed E-state index contributed by atoms with van der Waals surface area (Å²) in [4.78, 5) is 4.19. The molecule has 19 heavy (non-hydrogen) atoms. The van der Waals surface area contributed by atoms with Gasteiger partial charge in [-0.2, -0.15) is 10.9 Å². The molecule has 0 radical (unpaired) electrons. The molecule has 0 spiro atoms. The Morgan fingerprint density at radius 3 is 0.895 bits per heavy atom. The highest BCUT2D eigenvalue weighted by molar-refractivity contribution is 8.17. The molecule has 0 heterocycles. The van der Waals surface area contributed by atoms with Crippen LogP contribution in [0.2, 0.25) is 0 Å². The Labute approximate surface area is 117 Å². The third-order valence-electron chi connectivity index (χ3n) is 3.04. The second-order valence-corrected chi connectivity index (χ2v) is 6.56. The molecule has 0 saturated heterocycles. The Morgan fingerprint density at radius 2 is 0.632 bits per heavy atom. The van der Waals surface area contributed by atoms with Crippen LogP contribution in [0.5, 0.6) is 0 Å². The van der Waals surface area contributed by atoms with E-state index >= 15 is 0 Å². The number of thiol groups is 1. The lowest BCUT2D eigenvalue weighted by atomic mass is 10.4. The Hall–Kier alpha value is -1.99. The van der Waals surface area contributed by atoms with Crippen LogP contribution in [0.1, 0.15) is 0 Å². The summed E-state index contributed by atoms with van der Waals surface area (Å²) in [6, 6.07) is 32.3. The van der Waals surface area contributed by atoms with Crippen molar-refractivity contribution in [1.29, 1.82) is 0 Å². The summed E-state index contributed by atoms with van der Waals surface area (Å²) in [5.41, 5.74) is 0. The highest BCUT2D eigenvalue weighted by Gasteiger charge is 2.11. The summed E-state index contributed by atoms with van der Waals surface area (Å²) in [5.74, 6) is 0. The van der Waals surface area contributed by atoms with Crippen LogP contribution in [0.4, 0.5) is 0 Å². The van der Waals surface area contributed by atoms with Crippen molar-refractivity contribution >= 4 is 10.9 Å². The first-order valence-corrected chi connectivity index (χ1v) is 7.74. The van der Waals surface area contributed by atoms with E-state index in [0.717, 1.165) is 0 Å². The monoisotopic (exact) mass is 264 g/mol. The van der Waals surface area contributed by atoms with Gasteiger partial charge in [0.25, 0.3) is 0 Å². The van der Waals surface area contributed by atoms with Gasteiger partial charge < -0.3 is 0 Å². The van der Waals surface area contributed by atoms with Gasteiger partial charge in [-0.1, -0.05) is 54.6 Å². The van der Waals surface area contributed by atoms with E-state index in [1.807, 2.05) is 0 Å². The van der Waals surface area contributed by atoms with Crippen LogP contribution in [0, 0.1) is 0 Å². The Bertz CT molecular complexity index is 524. The number of hydrogen-bond acceptors (Lipinski definition) is 0. The maximum Gasteiger partial charge on any atom is -0.00452 e. The quantitative estimate of drug-likeness (QED) is 0.620. The van der Waals surface area contributed by atoms with Crippen molar-refractivity contribution in [1.82, 2.24) is 0 Å². The zero-order chi connectivity index (χ0) is 12.9. The van der Waals surface area contributed by atoms with Gasteiger partial charge in [0, 0.05) is 0 Å². The van der Waals surface area contributed by atoms with Gasteiger partial charge in [-0.05, 0) is 51.1 Å². The molecule has 1 heteroatoms. The van der Waals surface area contributed by atoms with E-state index in [-0.39, 0.29) is 0 Å². The van der Waals surface area contributed by atoms with Crippen LogP contribution in [-0.2, 0) is 0 Å². The molecule has 0 aliphatic rings. The van der Waals surface area contributed by atoms with Gasteiger partial charge in [0.15, 0.2) is 0 Å². The van der Waals surface area contributed by atoms with Crippen molar-refractivity contribution in [3.63, 3.8) is 0 Å². The standard InChI is InChI=1S/C18H16S/c1-4-10-16(11-5-1)19(17-12-6-2-7-13-17)18-14-8-3-9-15-18/h1-15,19H. The summed E-state index contributed by atoms with van der Waals surface area (Å²) in [6.07, 6.45) is 0. The third-order valence-corrected chi connectivity index (χ3v) is 5.49. The number of hydrogen-bond donors (Lipinski definition) is 1. The van der Waals surface area contributed by atoms with Crippen LogP contribution in [-0.4, -0.2) is 0 Å². The van der Waals surface area contributed by atoms with E-state index in [1.165, 1.54) is 14.7 Å². The molecular weight excluding hydrogens is 248 g/mol. The lowest BCUT2D eigenvalue weighted by Crippen LogP contribution is -1.87. The van der Waals surface area contributed by atoms with Crippen LogP contribution in [0.15, 0.2) is 106 Å². The summed E-state index contributed by atoms with van der Waals surface area (Å²) < 4.78 is 0. The molecule has 0 saturated carbocycles. The average Bonchev–Trinajstić information content (AvgIpc) is 2.51. The molecule has 0 atom stereocenters. The van der Waals surface area contributed by atoms with Gasteiger partial charge in [-0.3, -0.25) is 0 Å². The zero-order valence-corrected chi connectivity index (χ0v) is 11.5. The predicted molar refractivity (Wildman–Crippen MR) is 83.1 cm³/mol. The van der Waals surface area contributed by atoms with Crippen molar-refractivity contribution < 1.29 is 0 Å². The van der Waals surface area contributed by atoms with Gasteiger partial charge in [-0.15, -0.1) is 0 Å². The van der Waals surface area contributed by atoms with E-state index in [0.29, 0.717) is 0 Å². The van der Waals surface area contributed by atoms with E-state index in [1.54, 1.807) is 0 Å². The smallest absolute Gasteiger partial charge is 0.00452 e. The molecule has 3 aromatic carbocycles. The third kappa shape index (κ3) is 2.72. The SMILES string of the molecule is c1ccc([SH](c2ccccc2)c2ccccc2)cc1. The minimum absolute atomic E-state index is 0.446. The van der Waals surface area contributed by atoms with Gasteiger partial charge in [0.2, 0.25) is 0 Å². The molecule has 0 fully saturated rings. The lowest BCUT2D eigenvalue weighted by molar-refractivity contribution is 1.33. The fraction of sp³-hybridized carbons (Fsp3) is 0. The largest absolute Gasteiger partial charge is 0.173 e. The van der Waals surface area contributed by atoms with E-state index in [9.17, 15) is 0 Å². The molecule has 0 aliphatic carbocycles. The van der Waals surface area contributed by atoms with Crippen LogP contribution < -0.4 is 0 Å². The summed E-state index contributed by atoms with van der Waals surface area (Å²) in [6.45, 7) is 0. The minimum Gasteiger partial charge on any atom is -0.173 e. The van der Waals surface area contributed by atoms with Crippen LogP contribution in [0.3, 0.4) is 0 Å². The first-order chi connectivity index (χ1) is 9.45. The normalized spacial score (nSPS) is 11.1. The molecular formula is C18H16S. The van der Waals surface area contributed by atoms with Crippen molar-refractivity contribution in [2.24, 2.45) is 0 Å². The van der Waals surface area contributed by atoms with Gasteiger partial charge in [0.05, 0.1) is 0 Å². The number of benzene rings is 3. The predicted octanol–water partition coefficient (Wildman–Crippen LogP) is 5.16. The topological polar surface area (TPSA) is 0 Å². The Kier molecular flexibility index (Phi) is 3.66. The van der Waals surface area contributed by atoms with Crippen molar-refractivity contribution in [2.75, 3.05) is 0 Å². The fourth-order valence-corrected chi connectivity index (χ4v) is 4.48. The molecule has 0 aromatic heterocycles. The van der Waals surface area contributed by atoms with Gasteiger partial charge in [-0.25, -0.2) is 0 Å². The van der Waals surface area contributed by atoms with Gasteiger partial charge >= 0.3 is 0 Å². The van der Waals surface area contributed by atoms with Crippen molar-refractivity contribution in [3.05, 3.63) is 91.0 Å². The highest BCUT2D eigenvalue weighted by atomic mass is 32.2. The molecule has 94 valence electrons. The minimum atomic E-state index is -0.446. The maximum atomic E-state index is 2.23. The van der Waals surface area contributed by atoms with Crippen LogP contribution >= 0.6 is 10.9 Å². The highest BCUT2D eigenvalue weighted by Crippen LogP contribution is 2.50. The molecule has 0 N–H and O–H groups in total. The Balaban J connectivity index is 2.12. The first-order valence-electron chi connectivity index (χ1n) is 6.40. The summed E-state index contributed by atoms with van der Waals surface area (Å²) in [7, 11) is -0.446. The van der Waals surface area contributed by atoms with Gasteiger partial charge in [0.1, 0.15) is 0 Å². The fourth-order valence-electron chi connectivity index (χ4n) is 2.18. The first kappa shape index (κ1) is 12.1. The lowest BCUT2D eigenvalue weighted by Gasteiger charge is -2.23. The molecule has 0 bridgehead atoms. The van der Waals surface area contributed by atoms with Crippen molar-refractivity contribution in [3.8, 4) is 0 Å². The zero-order valence-electron chi connectivity index (χ0n) is 10.6. The summed E-state index contributed by atoms with van der Waals surface area (Å²) >= 11 is 0. The number of rotatable bonds is 3. The molecule has 0 amide bonds. The van der Waals surface area contributed by atoms with E-state index < -0.39 is 10.9 Å². The molecule has 3 aromatic rings. The molecule has 0 nitrogen and oxygen atoms in total. The van der Waals surface area contributed by atoms with E-state index in [4.69, 9.17) is 0 Å². The molecule has 3 rings (SSSR count). The maximum absolute atomic E-state index is 2.23. The van der Waals surface area contributed by atoms with E-state index in [2.05, 4.69) is 91.0 Å². The second-order valence-electron chi connectivity index (χ2n) is 4.34. The second kappa shape index (κ2) is 5.77.